The Bertz CT molecular complexity index is 376. The Kier molecular flexibility index (Phi) is 3.99. The van der Waals surface area contributed by atoms with Crippen LogP contribution in [0.1, 0.15) is 13.8 Å². The largest absolute Gasteiger partial charge is 0.508 e. The summed E-state index contributed by atoms with van der Waals surface area (Å²) < 4.78 is 10.4. The summed E-state index contributed by atoms with van der Waals surface area (Å²) in [7, 11) is 1.45. The van der Waals surface area contributed by atoms with E-state index in [1.807, 2.05) is 13.8 Å². The minimum Gasteiger partial charge on any atom is -0.508 e. The van der Waals surface area contributed by atoms with Crippen molar-refractivity contribution in [1.29, 1.82) is 0 Å². The topological polar surface area (TPSA) is 67.8 Å². The molecule has 0 spiro atoms. The third kappa shape index (κ3) is 3.34. The third-order valence-corrected chi connectivity index (χ3v) is 1.70. The summed E-state index contributed by atoms with van der Waals surface area (Å²) in [6.07, 6.45) is -0.657. The van der Waals surface area contributed by atoms with Crippen LogP contribution in [0, 0.1) is 0 Å². The molecule has 0 aliphatic heterocycles. The van der Waals surface area contributed by atoms with Gasteiger partial charge in [0.2, 0.25) is 0 Å². The van der Waals surface area contributed by atoms with E-state index >= 15 is 0 Å². The summed E-state index contributed by atoms with van der Waals surface area (Å²) in [6, 6.07) is 4.34. The predicted octanol–water partition coefficient (Wildman–Crippen LogP) is 1.90. The molecule has 0 radical (unpaired) electrons. The normalized spacial score (nSPS) is 10.0. The SMILES string of the molecule is CNC(=O)Oc1cc(O)ccc1OC(C)C. The van der Waals surface area contributed by atoms with Crippen LogP contribution in [0.3, 0.4) is 0 Å². The first-order valence-corrected chi connectivity index (χ1v) is 4.92. The standard InChI is InChI=1S/C11H15NO4/c1-7(2)15-9-5-4-8(13)6-10(9)16-11(14)12-3/h4-7,13H,1-3H3,(H,12,14). The first kappa shape index (κ1) is 12.2. The van der Waals surface area contributed by atoms with Crippen LogP contribution in [0.5, 0.6) is 17.2 Å². The molecule has 0 aromatic heterocycles. The summed E-state index contributed by atoms with van der Waals surface area (Å²) >= 11 is 0. The van der Waals surface area contributed by atoms with E-state index < -0.39 is 6.09 Å². The molecule has 0 saturated heterocycles. The monoisotopic (exact) mass is 225 g/mol. The fraction of sp³-hybridized carbons (Fsp3) is 0.364. The van der Waals surface area contributed by atoms with E-state index in [0.717, 1.165) is 0 Å². The molecule has 0 bridgehead atoms. The molecule has 2 N–H and O–H groups in total. The number of carbonyl (C=O) groups is 1. The number of benzene rings is 1. The number of rotatable bonds is 3. The zero-order valence-corrected chi connectivity index (χ0v) is 9.48. The predicted molar refractivity (Wildman–Crippen MR) is 59.0 cm³/mol. The molecule has 0 heterocycles. The fourth-order valence-corrected chi connectivity index (χ4v) is 1.08. The van der Waals surface area contributed by atoms with Crippen molar-refractivity contribution in [3.8, 4) is 17.2 Å². The van der Waals surface area contributed by atoms with Crippen LogP contribution in [-0.4, -0.2) is 24.4 Å². The van der Waals surface area contributed by atoms with Crippen molar-refractivity contribution in [2.75, 3.05) is 7.05 Å². The van der Waals surface area contributed by atoms with Gasteiger partial charge in [-0.05, 0) is 26.0 Å². The van der Waals surface area contributed by atoms with Crippen LogP contribution < -0.4 is 14.8 Å². The van der Waals surface area contributed by atoms with Gasteiger partial charge in [0.05, 0.1) is 6.10 Å². The molecular formula is C11H15NO4. The molecule has 1 amide bonds. The molecule has 1 aromatic rings. The Labute approximate surface area is 94.0 Å². The molecule has 0 saturated carbocycles. The lowest BCUT2D eigenvalue weighted by Crippen LogP contribution is -2.22. The van der Waals surface area contributed by atoms with Crippen molar-refractivity contribution in [2.45, 2.75) is 20.0 Å². The number of carbonyl (C=O) groups excluding carboxylic acids is 1. The molecule has 16 heavy (non-hydrogen) atoms. The average Bonchev–Trinajstić information content (AvgIpc) is 2.21. The second-order valence-corrected chi connectivity index (χ2v) is 3.44. The molecule has 0 atom stereocenters. The molecule has 5 nitrogen and oxygen atoms in total. The molecule has 0 aliphatic carbocycles. The molecule has 1 rings (SSSR count). The number of phenols is 1. The molecule has 0 fully saturated rings. The minimum atomic E-state index is -0.612. The van der Waals surface area contributed by atoms with Gasteiger partial charge in [-0.15, -0.1) is 0 Å². The molecule has 88 valence electrons. The lowest BCUT2D eigenvalue weighted by molar-refractivity contribution is 0.193. The van der Waals surface area contributed by atoms with E-state index in [-0.39, 0.29) is 17.6 Å². The number of ether oxygens (including phenoxy) is 2. The van der Waals surface area contributed by atoms with Crippen molar-refractivity contribution in [1.82, 2.24) is 5.32 Å². The molecule has 1 aromatic carbocycles. The first-order chi connectivity index (χ1) is 7.52. The van der Waals surface area contributed by atoms with Crippen LogP contribution in [0.4, 0.5) is 4.79 Å². The van der Waals surface area contributed by atoms with Gasteiger partial charge in [0.1, 0.15) is 5.75 Å². The lowest BCUT2D eigenvalue weighted by Gasteiger charge is -2.13. The lowest BCUT2D eigenvalue weighted by atomic mass is 10.3. The number of amides is 1. The van der Waals surface area contributed by atoms with Crippen molar-refractivity contribution in [3.63, 3.8) is 0 Å². The maximum atomic E-state index is 11.1. The van der Waals surface area contributed by atoms with Crippen LogP contribution >= 0.6 is 0 Å². The van der Waals surface area contributed by atoms with Crippen LogP contribution in [0.15, 0.2) is 18.2 Å². The Morgan fingerprint density at radius 2 is 2.06 bits per heavy atom. The van der Waals surface area contributed by atoms with E-state index in [9.17, 15) is 9.90 Å². The van der Waals surface area contributed by atoms with E-state index in [4.69, 9.17) is 9.47 Å². The van der Waals surface area contributed by atoms with Crippen molar-refractivity contribution < 1.29 is 19.4 Å². The van der Waals surface area contributed by atoms with Crippen molar-refractivity contribution in [3.05, 3.63) is 18.2 Å². The molecule has 0 aliphatic rings. The van der Waals surface area contributed by atoms with E-state index in [1.54, 1.807) is 6.07 Å². The number of phenolic OH excluding ortho intramolecular Hbond substituents is 1. The summed E-state index contributed by atoms with van der Waals surface area (Å²) in [5.74, 6) is 0.611. The maximum absolute atomic E-state index is 11.1. The smallest absolute Gasteiger partial charge is 0.412 e. The summed E-state index contributed by atoms with van der Waals surface area (Å²) in [6.45, 7) is 3.72. The van der Waals surface area contributed by atoms with Gasteiger partial charge < -0.3 is 19.9 Å². The Balaban J connectivity index is 2.93. The van der Waals surface area contributed by atoms with Gasteiger partial charge in [-0.2, -0.15) is 0 Å². The zero-order valence-electron chi connectivity index (χ0n) is 9.48. The van der Waals surface area contributed by atoms with Crippen LogP contribution in [0.2, 0.25) is 0 Å². The summed E-state index contributed by atoms with van der Waals surface area (Å²) in [4.78, 5) is 11.1. The van der Waals surface area contributed by atoms with Gasteiger partial charge in [-0.3, -0.25) is 0 Å². The average molecular weight is 225 g/mol. The second kappa shape index (κ2) is 5.25. The Morgan fingerprint density at radius 1 is 1.38 bits per heavy atom. The highest BCUT2D eigenvalue weighted by atomic mass is 16.6. The van der Waals surface area contributed by atoms with Gasteiger partial charge in [0, 0.05) is 13.1 Å². The van der Waals surface area contributed by atoms with E-state index in [0.29, 0.717) is 5.75 Å². The van der Waals surface area contributed by atoms with E-state index in [2.05, 4.69) is 5.32 Å². The highest BCUT2D eigenvalue weighted by molar-refractivity contribution is 5.71. The minimum absolute atomic E-state index is 0.00927. The molecule has 5 heteroatoms. The third-order valence-electron chi connectivity index (χ3n) is 1.70. The number of aromatic hydroxyl groups is 1. The van der Waals surface area contributed by atoms with Gasteiger partial charge in [0.25, 0.3) is 0 Å². The van der Waals surface area contributed by atoms with Gasteiger partial charge in [-0.1, -0.05) is 0 Å². The van der Waals surface area contributed by atoms with Gasteiger partial charge >= 0.3 is 6.09 Å². The van der Waals surface area contributed by atoms with Gasteiger partial charge in [-0.25, -0.2) is 4.79 Å². The van der Waals surface area contributed by atoms with Crippen LogP contribution in [0.25, 0.3) is 0 Å². The second-order valence-electron chi connectivity index (χ2n) is 3.44. The Hall–Kier alpha value is -1.91. The first-order valence-electron chi connectivity index (χ1n) is 4.92. The van der Waals surface area contributed by atoms with Gasteiger partial charge in [0.15, 0.2) is 11.5 Å². The molecule has 0 unspecified atom stereocenters. The quantitative estimate of drug-likeness (QED) is 0.824. The fourth-order valence-electron chi connectivity index (χ4n) is 1.08. The molecular weight excluding hydrogens is 210 g/mol. The number of hydrogen-bond donors (Lipinski definition) is 2. The summed E-state index contributed by atoms with van der Waals surface area (Å²) in [5.41, 5.74) is 0. The van der Waals surface area contributed by atoms with Crippen LogP contribution in [-0.2, 0) is 0 Å². The highest BCUT2D eigenvalue weighted by Crippen LogP contribution is 2.31. The Morgan fingerprint density at radius 3 is 2.62 bits per heavy atom. The number of hydrogen-bond acceptors (Lipinski definition) is 4. The summed E-state index contributed by atoms with van der Waals surface area (Å²) in [5, 5.41) is 11.6. The highest BCUT2D eigenvalue weighted by Gasteiger charge is 2.11. The zero-order chi connectivity index (χ0) is 12.1. The van der Waals surface area contributed by atoms with Crippen molar-refractivity contribution >= 4 is 6.09 Å². The maximum Gasteiger partial charge on any atom is 0.412 e. The number of nitrogens with one attached hydrogen (secondary N) is 1. The van der Waals surface area contributed by atoms with E-state index in [1.165, 1.54) is 19.2 Å². The van der Waals surface area contributed by atoms with Crippen molar-refractivity contribution in [2.24, 2.45) is 0 Å².